The van der Waals surface area contributed by atoms with Gasteiger partial charge in [0.05, 0.1) is 6.10 Å². The number of rotatable bonds is 5. The predicted octanol–water partition coefficient (Wildman–Crippen LogP) is 2.63. The largest absolute Gasteiger partial charge is 0.393 e. The molecule has 2 fully saturated rings. The van der Waals surface area contributed by atoms with Gasteiger partial charge in [0, 0.05) is 31.2 Å². The third-order valence-electron chi connectivity index (χ3n) is 5.08. The van der Waals surface area contributed by atoms with Crippen LogP contribution in [0.2, 0.25) is 0 Å². The fourth-order valence-electron chi connectivity index (χ4n) is 3.57. The minimum Gasteiger partial charge on any atom is -0.393 e. The molecule has 1 aliphatic heterocycles. The van der Waals surface area contributed by atoms with E-state index in [1.807, 2.05) is 17.0 Å². The van der Waals surface area contributed by atoms with Gasteiger partial charge in [-0.25, -0.2) is 0 Å². The van der Waals surface area contributed by atoms with Gasteiger partial charge < -0.3 is 15.3 Å². The van der Waals surface area contributed by atoms with Crippen LogP contribution in [-0.2, 0) is 4.79 Å². The Morgan fingerprint density at radius 1 is 1.27 bits per heavy atom. The molecule has 4 heteroatoms. The predicted molar refractivity (Wildman–Crippen MR) is 87.8 cm³/mol. The van der Waals surface area contributed by atoms with Crippen LogP contribution in [0.25, 0.3) is 0 Å². The number of aliphatic hydroxyl groups excluding tert-OH is 1. The average Bonchev–Trinajstić information content (AvgIpc) is 3.13. The summed E-state index contributed by atoms with van der Waals surface area (Å²) in [6.45, 7) is 3.86. The van der Waals surface area contributed by atoms with Crippen molar-refractivity contribution in [1.29, 1.82) is 0 Å². The molecule has 0 aromatic heterocycles. The third kappa shape index (κ3) is 3.33. The van der Waals surface area contributed by atoms with Crippen LogP contribution in [0.4, 0.5) is 5.69 Å². The Hall–Kier alpha value is -1.39. The smallest absolute Gasteiger partial charge is 0.227 e. The van der Waals surface area contributed by atoms with Crippen molar-refractivity contribution in [3.05, 3.63) is 29.8 Å². The molecule has 120 valence electrons. The molecule has 1 heterocycles. The number of anilines is 1. The summed E-state index contributed by atoms with van der Waals surface area (Å²) in [5, 5.41) is 13.4. The molecule has 1 aliphatic carbocycles. The van der Waals surface area contributed by atoms with Gasteiger partial charge in [0.1, 0.15) is 0 Å². The zero-order chi connectivity index (χ0) is 15.5. The van der Waals surface area contributed by atoms with Gasteiger partial charge in [0.2, 0.25) is 5.91 Å². The Labute approximate surface area is 132 Å². The van der Waals surface area contributed by atoms with E-state index in [-0.39, 0.29) is 18.1 Å². The summed E-state index contributed by atoms with van der Waals surface area (Å²) in [5.41, 5.74) is 2.23. The molecular weight excluding hydrogens is 276 g/mol. The number of carbonyl (C=O) groups excluding carboxylic acids is 1. The Bertz CT molecular complexity index is 514. The summed E-state index contributed by atoms with van der Waals surface area (Å²) in [6, 6.07) is 8.55. The van der Waals surface area contributed by atoms with Crippen LogP contribution < -0.4 is 10.2 Å². The maximum Gasteiger partial charge on any atom is 0.227 e. The SMILES string of the molecule is C[C@H](NC[C@H]1CCC[C@@H]1O)c1ccc(N2CCCC2=O)cc1. The summed E-state index contributed by atoms with van der Waals surface area (Å²) in [4.78, 5) is 13.6. The number of hydrogen-bond acceptors (Lipinski definition) is 3. The van der Waals surface area contributed by atoms with Gasteiger partial charge in [-0.15, -0.1) is 0 Å². The molecule has 0 radical (unpaired) electrons. The first-order valence-corrected chi connectivity index (χ1v) is 8.47. The van der Waals surface area contributed by atoms with Gasteiger partial charge in [-0.1, -0.05) is 18.6 Å². The lowest BCUT2D eigenvalue weighted by molar-refractivity contribution is -0.117. The average molecular weight is 302 g/mol. The second-order valence-corrected chi connectivity index (χ2v) is 6.63. The molecule has 3 atom stereocenters. The van der Waals surface area contributed by atoms with Crippen LogP contribution in [0.1, 0.15) is 50.6 Å². The van der Waals surface area contributed by atoms with E-state index in [9.17, 15) is 9.90 Å². The molecule has 4 nitrogen and oxygen atoms in total. The first kappa shape index (κ1) is 15.5. The fraction of sp³-hybridized carbons (Fsp3) is 0.611. The van der Waals surface area contributed by atoms with Crippen LogP contribution in [0.5, 0.6) is 0 Å². The van der Waals surface area contributed by atoms with E-state index < -0.39 is 0 Å². The zero-order valence-corrected chi connectivity index (χ0v) is 13.3. The second kappa shape index (κ2) is 6.80. The van der Waals surface area contributed by atoms with E-state index in [0.29, 0.717) is 12.3 Å². The maximum atomic E-state index is 11.8. The Balaban J connectivity index is 1.56. The molecule has 0 unspecified atom stereocenters. The van der Waals surface area contributed by atoms with E-state index in [4.69, 9.17) is 0 Å². The molecule has 0 spiro atoms. The third-order valence-corrected chi connectivity index (χ3v) is 5.08. The molecule has 2 aliphatic rings. The Morgan fingerprint density at radius 3 is 2.64 bits per heavy atom. The zero-order valence-electron chi connectivity index (χ0n) is 13.3. The normalized spacial score (nSPS) is 26.6. The van der Waals surface area contributed by atoms with Gasteiger partial charge >= 0.3 is 0 Å². The van der Waals surface area contributed by atoms with Crippen molar-refractivity contribution in [2.45, 2.75) is 51.2 Å². The van der Waals surface area contributed by atoms with Crippen molar-refractivity contribution in [2.24, 2.45) is 5.92 Å². The van der Waals surface area contributed by atoms with Crippen molar-refractivity contribution < 1.29 is 9.90 Å². The Morgan fingerprint density at radius 2 is 2.05 bits per heavy atom. The standard InChI is InChI=1S/C18H26N2O2/c1-13(19-12-15-4-2-5-17(15)21)14-7-9-16(10-8-14)20-11-3-6-18(20)22/h7-10,13,15,17,19,21H,2-6,11-12H2,1H3/t13-,15+,17-/m0/s1. The number of nitrogens with one attached hydrogen (secondary N) is 1. The molecule has 1 saturated heterocycles. The maximum absolute atomic E-state index is 11.8. The Kier molecular flexibility index (Phi) is 4.79. The molecule has 22 heavy (non-hydrogen) atoms. The van der Waals surface area contributed by atoms with E-state index in [0.717, 1.165) is 44.5 Å². The number of hydrogen-bond donors (Lipinski definition) is 2. The lowest BCUT2D eigenvalue weighted by atomic mass is 10.0. The number of amides is 1. The van der Waals surface area contributed by atoms with Crippen molar-refractivity contribution >= 4 is 11.6 Å². The topological polar surface area (TPSA) is 52.6 Å². The number of carbonyl (C=O) groups is 1. The minimum atomic E-state index is -0.136. The summed E-state index contributed by atoms with van der Waals surface area (Å²) in [5.74, 6) is 0.623. The van der Waals surface area contributed by atoms with E-state index in [2.05, 4.69) is 24.4 Å². The van der Waals surface area contributed by atoms with Gasteiger partial charge in [-0.05, 0) is 49.8 Å². The minimum absolute atomic E-state index is 0.136. The van der Waals surface area contributed by atoms with Crippen LogP contribution in [0.15, 0.2) is 24.3 Å². The molecular formula is C18H26N2O2. The number of nitrogens with zero attached hydrogens (tertiary/aromatic N) is 1. The van der Waals surface area contributed by atoms with Crippen LogP contribution in [0.3, 0.4) is 0 Å². The molecule has 1 amide bonds. The lowest BCUT2D eigenvalue weighted by Crippen LogP contribution is -2.29. The van der Waals surface area contributed by atoms with Crippen molar-refractivity contribution in [1.82, 2.24) is 5.32 Å². The highest BCUT2D eigenvalue weighted by molar-refractivity contribution is 5.95. The van der Waals surface area contributed by atoms with Crippen LogP contribution >= 0.6 is 0 Å². The highest BCUT2D eigenvalue weighted by atomic mass is 16.3. The fourth-order valence-corrected chi connectivity index (χ4v) is 3.57. The first-order valence-electron chi connectivity index (χ1n) is 8.47. The van der Waals surface area contributed by atoms with Gasteiger partial charge in [-0.2, -0.15) is 0 Å². The lowest BCUT2D eigenvalue weighted by Gasteiger charge is -2.21. The summed E-state index contributed by atoms with van der Waals surface area (Å²) >= 11 is 0. The van der Waals surface area contributed by atoms with Crippen molar-refractivity contribution in [2.75, 3.05) is 18.0 Å². The van der Waals surface area contributed by atoms with Crippen molar-refractivity contribution in [3.63, 3.8) is 0 Å². The molecule has 0 bridgehead atoms. The highest BCUT2D eigenvalue weighted by Gasteiger charge is 2.25. The van der Waals surface area contributed by atoms with Crippen molar-refractivity contribution in [3.8, 4) is 0 Å². The molecule has 2 N–H and O–H groups in total. The second-order valence-electron chi connectivity index (χ2n) is 6.63. The molecule has 1 saturated carbocycles. The van der Waals surface area contributed by atoms with E-state index >= 15 is 0 Å². The van der Waals surface area contributed by atoms with Crippen LogP contribution in [0, 0.1) is 5.92 Å². The van der Waals surface area contributed by atoms with E-state index in [1.165, 1.54) is 5.56 Å². The van der Waals surface area contributed by atoms with E-state index in [1.54, 1.807) is 0 Å². The first-order chi connectivity index (χ1) is 10.6. The van der Waals surface area contributed by atoms with Gasteiger partial charge in [0.25, 0.3) is 0 Å². The summed E-state index contributed by atoms with van der Waals surface area (Å²) in [6.07, 6.45) is 4.70. The number of benzene rings is 1. The quantitative estimate of drug-likeness (QED) is 0.879. The number of aliphatic hydroxyl groups is 1. The van der Waals surface area contributed by atoms with Gasteiger partial charge in [-0.3, -0.25) is 4.79 Å². The highest BCUT2D eigenvalue weighted by Crippen LogP contribution is 2.26. The summed E-state index contributed by atoms with van der Waals surface area (Å²) < 4.78 is 0. The molecule has 1 aromatic rings. The summed E-state index contributed by atoms with van der Waals surface area (Å²) in [7, 11) is 0. The monoisotopic (exact) mass is 302 g/mol. The molecule has 1 aromatic carbocycles. The molecule has 3 rings (SSSR count). The van der Waals surface area contributed by atoms with Crippen LogP contribution in [-0.4, -0.2) is 30.2 Å². The van der Waals surface area contributed by atoms with Gasteiger partial charge in [0.15, 0.2) is 0 Å².